The first-order valence-corrected chi connectivity index (χ1v) is 5.89. The van der Waals surface area contributed by atoms with Crippen molar-refractivity contribution < 1.29 is 12.6 Å². The van der Waals surface area contributed by atoms with Gasteiger partial charge < -0.3 is 10.6 Å². The van der Waals surface area contributed by atoms with Gasteiger partial charge in [0.15, 0.2) is 0 Å². The molecule has 0 aliphatic carbocycles. The van der Waals surface area contributed by atoms with Crippen LogP contribution in [-0.4, -0.2) is 46.8 Å². The van der Waals surface area contributed by atoms with E-state index in [1.54, 1.807) is 14.1 Å². The summed E-state index contributed by atoms with van der Waals surface area (Å²) < 4.78 is 26.3. The van der Waals surface area contributed by atoms with Crippen LogP contribution in [0.2, 0.25) is 0 Å². The summed E-state index contributed by atoms with van der Waals surface area (Å²) in [6, 6.07) is 0. The maximum Gasteiger partial charge on any atom is 0.280 e. The van der Waals surface area contributed by atoms with Crippen molar-refractivity contribution in [2.45, 2.75) is 4.58 Å². The number of hydrogen-bond donors (Lipinski definition) is 3. The third-order valence-corrected chi connectivity index (χ3v) is 3.60. The van der Waals surface area contributed by atoms with Crippen LogP contribution in [0.5, 0.6) is 0 Å². The molecular formula is C6H16N2O3S2. The van der Waals surface area contributed by atoms with Crippen LogP contribution in [0, 0.1) is 0 Å². The van der Waals surface area contributed by atoms with Gasteiger partial charge in [0.25, 0.3) is 10.1 Å². The predicted octanol–water partition coefficient (Wildman–Crippen LogP) is -0.972. The lowest BCUT2D eigenvalue weighted by molar-refractivity contribution is 0.317. The molecule has 0 aromatic carbocycles. The molecule has 0 amide bonds. The smallest absolute Gasteiger partial charge is 0.280 e. The Morgan fingerprint density at radius 3 is 2.46 bits per heavy atom. The topological polar surface area (TPSA) is 67.4 Å². The average molecular weight is 228 g/mol. The van der Waals surface area contributed by atoms with Crippen LogP contribution in [0.3, 0.4) is 0 Å². The van der Waals surface area contributed by atoms with E-state index in [-0.39, 0.29) is 13.2 Å². The zero-order valence-electron chi connectivity index (χ0n) is 7.78. The van der Waals surface area contributed by atoms with Crippen LogP contribution in [0.15, 0.2) is 0 Å². The van der Waals surface area contributed by atoms with Gasteiger partial charge in [-0.05, 0) is 14.1 Å². The Labute approximate surface area is 84.8 Å². The second kappa shape index (κ2) is 6.61. The first-order valence-electron chi connectivity index (χ1n) is 3.90. The van der Waals surface area contributed by atoms with Crippen molar-refractivity contribution in [3.8, 4) is 0 Å². The van der Waals surface area contributed by atoms with E-state index in [1.165, 1.54) is 0 Å². The second-order valence-electron chi connectivity index (χ2n) is 2.43. The van der Waals surface area contributed by atoms with Crippen LogP contribution >= 0.6 is 12.6 Å². The van der Waals surface area contributed by atoms with Gasteiger partial charge in [-0.25, -0.2) is 0 Å². The van der Waals surface area contributed by atoms with E-state index in [1.807, 2.05) is 0 Å². The van der Waals surface area contributed by atoms with Crippen LogP contribution in [0.25, 0.3) is 0 Å². The fourth-order valence-electron chi connectivity index (χ4n) is 0.615. The van der Waals surface area contributed by atoms with Gasteiger partial charge in [0.1, 0.15) is 4.58 Å². The van der Waals surface area contributed by atoms with E-state index in [4.69, 9.17) is 0 Å². The average Bonchev–Trinajstić information content (AvgIpc) is 2.05. The third kappa shape index (κ3) is 5.48. The van der Waals surface area contributed by atoms with E-state index in [2.05, 4.69) is 27.4 Å². The predicted molar refractivity (Wildman–Crippen MR) is 55.5 cm³/mol. The van der Waals surface area contributed by atoms with Crippen molar-refractivity contribution in [3.05, 3.63) is 0 Å². The molecule has 0 saturated carbocycles. The summed E-state index contributed by atoms with van der Waals surface area (Å²) in [6.45, 7) is 0.907. The number of rotatable bonds is 7. The molecule has 2 N–H and O–H groups in total. The molecule has 0 aromatic rings. The molecule has 1 atom stereocenters. The standard InChI is InChI=1S/C6H16N2O3S2/c1-7-3-4-11-13(9,10)6(12)5-8-2/h6-8,12H,3-5H2,1-2H3. The van der Waals surface area contributed by atoms with Crippen LogP contribution in [0.4, 0.5) is 0 Å². The van der Waals surface area contributed by atoms with E-state index < -0.39 is 14.7 Å². The Hall–Kier alpha value is 0.180. The fourth-order valence-corrected chi connectivity index (χ4v) is 1.82. The van der Waals surface area contributed by atoms with Crippen molar-refractivity contribution in [1.82, 2.24) is 10.6 Å². The molecule has 0 spiro atoms. The molecule has 0 rings (SSSR count). The Morgan fingerprint density at radius 2 is 2.00 bits per heavy atom. The van der Waals surface area contributed by atoms with Gasteiger partial charge in [0, 0.05) is 13.1 Å². The normalized spacial score (nSPS) is 14.4. The van der Waals surface area contributed by atoms with Crippen LogP contribution < -0.4 is 10.6 Å². The highest BCUT2D eigenvalue weighted by Gasteiger charge is 2.21. The van der Waals surface area contributed by atoms with E-state index in [9.17, 15) is 8.42 Å². The van der Waals surface area contributed by atoms with Crippen molar-refractivity contribution in [3.63, 3.8) is 0 Å². The minimum absolute atomic E-state index is 0.138. The number of nitrogens with one attached hydrogen (secondary N) is 2. The van der Waals surface area contributed by atoms with Gasteiger partial charge in [-0.3, -0.25) is 4.18 Å². The van der Waals surface area contributed by atoms with Gasteiger partial charge in [-0.2, -0.15) is 21.0 Å². The quantitative estimate of drug-likeness (QED) is 0.297. The van der Waals surface area contributed by atoms with Crippen molar-refractivity contribution in [2.24, 2.45) is 0 Å². The molecule has 1 unspecified atom stereocenters. The molecule has 5 nitrogen and oxygen atoms in total. The summed E-state index contributed by atoms with van der Waals surface area (Å²) in [5.74, 6) is 0. The molecule has 0 radical (unpaired) electrons. The first kappa shape index (κ1) is 13.2. The molecule has 0 saturated heterocycles. The van der Waals surface area contributed by atoms with E-state index in [0.29, 0.717) is 6.54 Å². The summed E-state index contributed by atoms with van der Waals surface area (Å²) in [6.07, 6.45) is 0. The Kier molecular flexibility index (Phi) is 6.70. The minimum Gasteiger partial charge on any atom is -0.318 e. The summed E-state index contributed by atoms with van der Waals surface area (Å²) in [5, 5.41) is 5.49. The second-order valence-corrected chi connectivity index (χ2v) is 5.19. The molecule has 0 heterocycles. The molecule has 0 aromatic heterocycles. The Morgan fingerprint density at radius 1 is 1.38 bits per heavy atom. The van der Waals surface area contributed by atoms with Crippen molar-refractivity contribution in [2.75, 3.05) is 33.8 Å². The van der Waals surface area contributed by atoms with Crippen molar-refractivity contribution >= 4 is 22.7 Å². The maximum atomic E-state index is 11.2. The SMILES string of the molecule is CNCCOS(=O)(=O)C(S)CNC. The number of hydrogen-bond acceptors (Lipinski definition) is 6. The third-order valence-electron chi connectivity index (χ3n) is 1.31. The Bertz CT molecular complexity index is 218. The fraction of sp³-hybridized carbons (Fsp3) is 1.00. The van der Waals surface area contributed by atoms with E-state index in [0.717, 1.165) is 0 Å². The highest BCUT2D eigenvalue weighted by Crippen LogP contribution is 2.06. The van der Waals surface area contributed by atoms with Crippen LogP contribution in [0.1, 0.15) is 0 Å². The molecule has 0 bridgehead atoms. The van der Waals surface area contributed by atoms with Crippen LogP contribution in [-0.2, 0) is 14.3 Å². The lowest BCUT2D eigenvalue weighted by Gasteiger charge is -2.11. The molecule has 0 aliphatic rings. The van der Waals surface area contributed by atoms with E-state index >= 15 is 0 Å². The van der Waals surface area contributed by atoms with Gasteiger partial charge in [0.05, 0.1) is 6.61 Å². The zero-order valence-corrected chi connectivity index (χ0v) is 9.49. The van der Waals surface area contributed by atoms with Crippen molar-refractivity contribution in [1.29, 1.82) is 0 Å². The molecule has 0 aliphatic heterocycles. The van der Waals surface area contributed by atoms with Gasteiger partial charge in [-0.1, -0.05) is 0 Å². The summed E-state index contributed by atoms with van der Waals surface area (Å²) in [4.78, 5) is 0. The van der Waals surface area contributed by atoms with Gasteiger partial charge in [-0.15, -0.1) is 0 Å². The lowest BCUT2D eigenvalue weighted by atomic mass is 10.7. The number of thiol groups is 1. The summed E-state index contributed by atoms with van der Waals surface area (Å²) >= 11 is 3.90. The lowest BCUT2D eigenvalue weighted by Crippen LogP contribution is -2.30. The molecule has 7 heteroatoms. The molecule has 80 valence electrons. The first-order chi connectivity index (χ1) is 6.04. The summed E-state index contributed by atoms with van der Waals surface area (Å²) in [7, 11) is -0.150. The van der Waals surface area contributed by atoms with Gasteiger partial charge in [0.2, 0.25) is 0 Å². The monoisotopic (exact) mass is 228 g/mol. The molecule has 13 heavy (non-hydrogen) atoms. The number of likely N-dealkylation sites (N-methyl/N-ethyl adjacent to an activating group) is 1. The Balaban J connectivity index is 3.92. The highest BCUT2D eigenvalue weighted by molar-refractivity contribution is 8.02. The van der Waals surface area contributed by atoms with Gasteiger partial charge >= 0.3 is 0 Å². The maximum absolute atomic E-state index is 11.2. The zero-order chi connectivity index (χ0) is 10.3. The summed E-state index contributed by atoms with van der Waals surface area (Å²) in [5.41, 5.74) is 0. The molecular weight excluding hydrogens is 212 g/mol. The molecule has 0 fully saturated rings. The largest absolute Gasteiger partial charge is 0.318 e. The minimum atomic E-state index is -3.53. The highest BCUT2D eigenvalue weighted by atomic mass is 32.3.